The molecular formula is C83H121FN16O30. The number of carbonyl (C=O) groups is 15. The number of aliphatic hydroxyl groups is 1. The van der Waals surface area contributed by atoms with E-state index in [0.717, 1.165) is 22.6 Å². The molecule has 720 valence electrons. The van der Waals surface area contributed by atoms with Crippen LogP contribution in [0.15, 0.2) is 40.1 Å². The quantitative estimate of drug-likeness (QED) is 0.00703. The van der Waals surface area contributed by atoms with Gasteiger partial charge in [-0.2, -0.15) is 0 Å². The van der Waals surface area contributed by atoms with Crippen LogP contribution in [-0.2, 0) is 135 Å². The number of aliphatic carboxylic acids is 3. The summed E-state index contributed by atoms with van der Waals surface area (Å²) in [6.45, 7) is 11.7. The highest BCUT2D eigenvalue weighted by atomic mass is 19.1. The van der Waals surface area contributed by atoms with Gasteiger partial charge in [-0.05, 0) is 103 Å². The number of guanidine groups is 1. The summed E-state index contributed by atoms with van der Waals surface area (Å²) in [5, 5.41) is 64.4. The van der Waals surface area contributed by atoms with Gasteiger partial charge < -0.3 is 137 Å². The van der Waals surface area contributed by atoms with Crippen molar-refractivity contribution in [1.29, 1.82) is 0 Å². The number of aliphatic imine (C=N–C) groups is 1. The van der Waals surface area contributed by atoms with Gasteiger partial charge >= 0.3 is 29.9 Å². The van der Waals surface area contributed by atoms with Crippen LogP contribution >= 0.6 is 0 Å². The first-order chi connectivity index (χ1) is 62.2. The van der Waals surface area contributed by atoms with E-state index in [2.05, 4.69) is 47.5 Å². The highest BCUT2D eigenvalue weighted by Gasteiger charge is 2.46. The maximum atomic E-state index is 15.7. The van der Waals surface area contributed by atoms with Crippen LogP contribution in [0.4, 0.5) is 9.18 Å². The van der Waals surface area contributed by atoms with Gasteiger partial charge in [-0.3, -0.25) is 67.4 Å². The molecule has 12 amide bonds. The first kappa shape index (κ1) is 107. The van der Waals surface area contributed by atoms with Crippen LogP contribution in [0.5, 0.6) is 5.75 Å². The number of benzene rings is 1. The number of nitrogens with one attached hydrogen (secondary N) is 10. The Hall–Kier alpha value is -12.0. The van der Waals surface area contributed by atoms with E-state index in [-0.39, 0.29) is 178 Å². The van der Waals surface area contributed by atoms with Crippen LogP contribution in [0.25, 0.3) is 22.3 Å². The number of fused-ring (bicyclic) bond motifs is 5. The predicted molar refractivity (Wildman–Crippen MR) is 456 cm³/mol. The van der Waals surface area contributed by atoms with Crippen molar-refractivity contribution in [3.05, 3.63) is 68.8 Å². The predicted octanol–water partition coefficient (Wildman–Crippen LogP) is -2.71. The number of rotatable bonds is 66. The Kier molecular flexibility index (Phi) is 46.4. The standard InChI is InChI=1S/C83H121FN16O30/c1-6-52-53-44-64(57(84)46-62(53)96-71-54(52)47-100-63(71)45-56-55(77(100)113)48-130-80(118)83(56,120)7-2)129-29-25-88-72(108)49(3)91-73(109)50(4)92-74(110)51(5)93-76(112)59(95-66(102)14-11-26-99-68(104)18-19-69(99)105)12-8-9-22-87-65(101)21-27-121-30-32-123-34-36-125-38-40-127-42-43-128-41-39-126-37-35-124-33-31-122-28-24-89-75(111)58(13-10-23-90-81(85)86)94-67(103)17-15-60(78(114)115)97-82(119)98-61(79(116)117)16-20-70(106)107/h18-19,44-46,49-51,58-61,120H,6-17,20-43,47-48H2,1-5H3,(H,87,101)(H,88,108)(H,89,111)(H,91,109)(H,92,110)(H,93,112)(H,94,103)(H,95,102)(H,106,107)(H,114,115)(H,116,117)(H4,85,86,90)(H2,97,98,119)/t49-,50-,51-,58-,59-,60-,61-,83-/m0/s1. The number of unbranched alkanes of at least 4 members (excludes halogenated alkanes) is 1. The molecule has 18 N–H and O–H groups in total. The number of esters is 1. The smallest absolute Gasteiger partial charge is 0.343 e. The lowest BCUT2D eigenvalue weighted by molar-refractivity contribution is -0.172. The zero-order chi connectivity index (χ0) is 95.2. The third kappa shape index (κ3) is 35.8. The Bertz CT molecular complexity index is 4490. The first-order valence-corrected chi connectivity index (χ1v) is 42.9. The number of nitrogens with zero attached hydrogens (tertiary/aromatic N) is 4. The molecule has 46 nitrogen and oxygen atoms in total. The van der Waals surface area contributed by atoms with E-state index in [1.165, 1.54) is 37.5 Å². The number of halogens is 1. The second-order valence-electron chi connectivity index (χ2n) is 30.1. The normalized spacial score (nSPS) is 15.2. The molecule has 2 aromatic heterocycles. The van der Waals surface area contributed by atoms with Gasteiger partial charge in [0.2, 0.25) is 47.3 Å². The Morgan fingerprint density at radius 1 is 0.531 bits per heavy atom. The van der Waals surface area contributed by atoms with Crippen LogP contribution in [-0.4, -0.2) is 317 Å². The number of hydrogen-bond acceptors (Lipinski definition) is 29. The zero-order valence-electron chi connectivity index (χ0n) is 73.5. The molecule has 3 aromatic rings. The molecule has 130 heavy (non-hydrogen) atoms. The summed E-state index contributed by atoms with van der Waals surface area (Å²) in [4.78, 5) is 212. The van der Waals surface area contributed by atoms with E-state index < -0.39 is 168 Å². The zero-order valence-corrected chi connectivity index (χ0v) is 73.5. The van der Waals surface area contributed by atoms with Crippen molar-refractivity contribution in [3.8, 4) is 17.1 Å². The van der Waals surface area contributed by atoms with E-state index >= 15 is 4.39 Å². The third-order valence-corrected chi connectivity index (χ3v) is 20.4. The Balaban J connectivity index is 0.758. The van der Waals surface area contributed by atoms with Crippen molar-refractivity contribution in [2.75, 3.05) is 145 Å². The second kappa shape index (κ2) is 56.5. The van der Waals surface area contributed by atoms with Crippen molar-refractivity contribution >= 4 is 106 Å². The summed E-state index contributed by atoms with van der Waals surface area (Å²) in [6, 6.07) is -6.09. The third-order valence-electron chi connectivity index (χ3n) is 20.4. The van der Waals surface area contributed by atoms with Gasteiger partial charge in [0.05, 0.1) is 141 Å². The number of carboxylic acids is 3. The van der Waals surface area contributed by atoms with E-state index in [1.54, 1.807) is 13.0 Å². The Morgan fingerprint density at radius 2 is 1.03 bits per heavy atom. The fourth-order valence-electron chi connectivity index (χ4n) is 13.4. The highest BCUT2D eigenvalue weighted by molar-refractivity contribution is 6.13. The number of cyclic esters (lactones) is 1. The fourth-order valence-corrected chi connectivity index (χ4v) is 13.4. The van der Waals surface area contributed by atoms with Crippen LogP contribution in [0.2, 0.25) is 0 Å². The van der Waals surface area contributed by atoms with Crippen LogP contribution in [0.3, 0.4) is 0 Å². The molecule has 1 aromatic carbocycles. The molecule has 6 rings (SSSR count). The number of aryl methyl sites for hydroxylation is 1. The highest BCUT2D eigenvalue weighted by Crippen LogP contribution is 2.41. The van der Waals surface area contributed by atoms with Gasteiger partial charge in [0.1, 0.15) is 55.5 Å². The number of ether oxygens (including phenoxy) is 10. The number of hydrogen-bond donors (Lipinski definition) is 16. The molecule has 0 saturated heterocycles. The molecule has 0 bridgehead atoms. The maximum absolute atomic E-state index is 15.7. The second-order valence-corrected chi connectivity index (χ2v) is 30.1. The number of imide groups is 1. The van der Waals surface area contributed by atoms with Crippen LogP contribution < -0.4 is 74.9 Å². The molecule has 0 aliphatic carbocycles. The van der Waals surface area contributed by atoms with Crippen molar-refractivity contribution in [1.82, 2.24) is 67.6 Å². The minimum Gasteiger partial charge on any atom is -0.489 e. The lowest BCUT2D eigenvalue weighted by Crippen LogP contribution is -2.56. The van der Waals surface area contributed by atoms with Crippen molar-refractivity contribution in [2.24, 2.45) is 16.5 Å². The Labute approximate surface area is 747 Å². The first-order valence-electron chi connectivity index (χ1n) is 42.9. The van der Waals surface area contributed by atoms with Gasteiger partial charge in [0, 0.05) is 86.6 Å². The molecule has 0 fully saturated rings. The van der Waals surface area contributed by atoms with Crippen LogP contribution in [0, 0.1) is 5.82 Å². The number of urea groups is 1. The van der Waals surface area contributed by atoms with Gasteiger partial charge in [0.15, 0.2) is 23.1 Å². The van der Waals surface area contributed by atoms with Gasteiger partial charge in [0.25, 0.3) is 17.4 Å². The number of aromatic nitrogens is 2. The maximum Gasteiger partial charge on any atom is 0.343 e. The Morgan fingerprint density at radius 3 is 1.57 bits per heavy atom. The largest absolute Gasteiger partial charge is 0.489 e. The summed E-state index contributed by atoms with van der Waals surface area (Å²) in [6.07, 6.45) is 1.78. The number of carboxylic acid groups (broad SMARTS) is 3. The lowest BCUT2D eigenvalue weighted by Gasteiger charge is -2.31. The van der Waals surface area contributed by atoms with Crippen molar-refractivity contribution in [3.63, 3.8) is 0 Å². The molecular weight excluding hydrogens is 1720 g/mol. The topological polar surface area (TPSA) is 652 Å². The molecule has 0 radical (unpaired) electrons. The molecule has 0 spiro atoms. The fraction of sp³-hybridized carbons (Fsp3) is 0.614. The molecule has 3 aliphatic heterocycles. The summed E-state index contributed by atoms with van der Waals surface area (Å²) in [5.74, 6) is -12.5. The summed E-state index contributed by atoms with van der Waals surface area (Å²) >= 11 is 0. The monoisotopic (exact) mass is 1840 g/mol. The average molecular weight is 1840 g/mol. The number of amides is 12. The number of carbonyl (C=O) groups excluding carboxylic acids is 12. The van der Waals surface area contributed by atoms with E-state index in [9.17, 15) is 92.0 Å². The summed E-state index contributed by atoms with van der Waals surface area (Å²) in [7, 11) is 0. The van der Waals surface area contributed by atoms with Crippen molar-refractivity contribution < 1.29 is 144 Å². The van der Waals surface area contributed by atoms with Crippen molar-refractivity contribution in [2.45, 2.75) is 186 Å². The van der Waals surface area contributed by atoms with E-state index in [0.29, 0.717) is 101 Å². The molecule has 47 heteroatoms. The SMILES string of the molecule is CCc1c2c(nc3cc(F)c(OCCNC(=O)[C@H](C)NC(=O)[C@H](C)NC(=O)[C@H](C)NC(=O)[C@H](CCCCNC(=O)CCOCCOCCOCCOCCOCCOCCOCCOCCNC(=O)[C@H](CCCN=C(N)N)NC(=O)CC[C@H](NC(=O)N[C@@H](CCC(=O)O)C(=O)O)C(=O)O)NC(=O)CCCN4C(=O)C=CC4=O)cc13)-c1cc3c(c(=O)n1C2)COC(=O)[C@]3(O)CC. The minimum atomic E-state index is -2.03. The molecule has 5 heterocycles. The summed E-state index contributed by atoms with van der Waals surface area (Å²) < 4.78 is 72.3. The van der Waals surface area contributed by atoms with Gasteiger partial charge in [-0.25, -0.2) is 28.6 Å². The number of nitrogens with two attached hydrogens (primary N) is 2. The van der Waals surface area contributed by atoms with Crippen LogP contribution in [0.1, 0.15) is 140 Å². The van der Waals surface area contributed by atoms with E-state index in [4.69, 9.17) is 68.9 Å². The average Bonchev–Trinajstić information content (AvgIpc) is 1.56. The molecule has 0 unspecified atom stereocenters. The molecule has 0 saturated carbocycles. The number of pyridine rings is 2. The van der Waals surface area contributed by atoms with Gasteiger partial charge in [-0.1, -0.05) is 13.8 Å². The molecule has 8 atom stereocenters. The lowest BCUT2D eigenvalue weighted by atomic mass is 9.86. The minimum absolute atomic E-state index is 0.0356. The van der Waals surface area contributed by atoms with Gasteiger partial charge in [-0.15, -0.1) is 0 Å². The van der Waals surface area contributed by atoms with E-state index in [1.807, 2.05) is 17.6 Å². The molecule has 3 aliphatic rings. The summed E-state index contributed by atoms with van der Waals surface area (Å²) in [5.41, 5.74) is 11.1.